The SMILES string of the molecule is O=C(NCc1ccc(Cl)c(Cl)c1)C(F)(F)C(F)(F)C(=O)NCc1ccc(Cl)c(Cl)c1. The van der Waals surface area contributed by atoms with Crippen LogP contribution in [0.3, 0.4) is 0 Å². The van der Waals surface area contributed by atoms with E-state index in [1.54, 1.807) is 10.6 Å². The van der Waals surface area contributed by atoms with Gasteiger partial charge in [-0.25, -0.2) is 0 Å². The van der Waals surface area contributed by atoms with E-state index in [2.05, 4.69) is 0 Å². The molecule has 12 heteroatoms. The molecule has 2 aromatic carbocycles. The molecule has 162 valence electrons. The van der Waals surface area contributed by atoms with Gasteiger partial charge in [0.25, 0.3) is 11.8 Å². The van der Waals surface area contributed by atoms with Gasteiger partial charge in [-0.2, -0.15) is 17.6 Å². The quantitative estimate of drug-likeness (QED) is 0.488. The number of rotatable bonds is 7. The van der Waals surface area contributed by atoms with E-state index in [9.17, 15) is 27.2 Å². The first-order valence-corrected chi connectivity index (χ1v) is 9.57. The summed E-state index contributed by atoms with van der Waals surface area (Å²) in [5, 5.41) is 3.84. The lowest BCUT2D eigenvalue weighted by Crippen LogP contribution is -2.59. The van der Waals surface area contributed by atoms with Gasteiger partial charge in [-0.15, -0.1) is 0 Å². The van der Waals surface area contributed by atoms with E-state index in [1.165, 1.54) is 36.4 Å². The van der Waals surface area contributed by atoms with Crippen molar-refractivity contribution in [3.8, 4) is 0 Å². The zero-order valence-corrected chi connectivity index (χ0v) is 17.7. The topological polar surface area (TPSA) is 58.2 Å². The zero-order chi connectivity index (χ0) is 22.7. The van der Waals surface area contributed by atoms with Gasteiger partial charge in [0.05, 0.1) is 20.1 Å². The van der Waals surface area contributed by atoms with Gasteiger partial charge in [0, 0.05) is 13.1 Å². The normalized spacial score (nSPS) is 11.9. The molecular weight excluding hydrogens is 494 g/mol. The molecule has 2 aromatic rings. The molecule has 0 heterocycles. The van der Waals surface area contributed by atoms with Gasteiger partial charge in [0.1, 0.15) is 0 Å². The Morgan fingerprint density at radius 2 is 1.00 bits per heavy atom. The molecule has 2 rings (SSSR count). The van der Waals surface area contributed by atoms with Gasteiger partial charge in [0.2, 0.25) is 0 Å². The van der Waals surface area contributed by atoms with Crippen LogP contribution in [-0.2, 0) is 22.7 Å². The lowest BCUT2D eigenvalue weighted by atomic mass is 10.1. The minimum Gasteiger partial charge on any atom is -0.347 e. The van der Waals surface area contributed by atoms with Crippen molar-refractivity contribution in [1.82, 2.24) is 10.6 Å². The van der Waals surface area contributed by atoms with Gasteiger partial charge in [-0.3, -0.25) is 9.59 Å². The van der Waals surface area contributed by atoms with Crippen LogP contribution in [-0.4, -0.2) is 23.7 Å². The highest BCUT2D eigenvalue weighted by atomic mass is 35.5. The molecule has 0 fully saturated rings. The fraction of sp³-hybridized carbons (Fsp3) is 0.222. The lowest BCUT2D eigenvalue weighted by molar-refractivity contribution is -0.211. The second-order valence-corrected chi connectivity index (χ2v) is 7.64. The third-order valence-electron chi connectivity index (χ3n) is 3.84. The van der Waals surface area contributed by atoms with E-state index < -0.39 is 36.7 Å². The number of alkyl halides is 4. The molecule has 4 nitrogen and oxygen atoms in total. The summed E-state index contributed by atoms with van der Waals surface area (Å²) in [5.41, 5.74) is 0.474. The lowest BCUT2D eigenvalue weighted by Gasteiger charge is -2.24. The summed E-state index contributed by atoms with van der Waals surface area (Å²) in [6.07, 6.45) is 0. The predicted molar refractivity (Wildman–Crippen MR) is 107 cm³/mol. The van der Waals surface area contributed by atoms with Crippen LogP contribution in [0.1, 0.15) is 11.1 Å². The standard InChI is InChI=1S/C18H12Cl4F4N2O2/c19-11-3-1-9(5-13(11)21)7-27-15(29)17(23,24)18(25,26)16(30)28-8-10-2-4-12(20)14(22)6-10/h1-6H,7-8H2,(H,27,29)(H,28,30). The number of nitrogens with one attached hydrogen (secondary N) is 2. The molecule has 0 aliphatic heterocycles. The Morgan fingerprint density at radius 3 is 1.30 bits per heavy atom. The van der Waals surface area contributed by atoms with Crippen LogP contribution in [0.25, 0.3) is 0 Å². The van der Waals surface area contributed by atoms with Gasteiger partial charge in [-0.05, 0) is 35.4 Å². The highest BCUT2D eigenvalue weighted by Gasteiger charge is 2.66. The van der Waals surface area contributed by atoms with Crippen molar-refractivity contribution < 1.29 is 27.2 Å². The zero-order valence-electron chi connectivity index (χ0n) is 14.7. The molecule has 0 aliphatic carbocycles. The predicted octanol–water partition coefficient (Wildman–Crippen LogP) is 5.50. The fourth-order valence-electron chi connectivity index (χ4n) is 2.17. The molecule has 0 bridgehead atoms. The Bertz CT molecular complexity index is 896. The summed E-state index contributed by atoms with van der Waals surface area (Å²) >= 11 is 22.9. The Kier molecular flexibility index (Phi) is 7.85. The third kappa shape index (κ3) is 5.49. The number of hydrogen-bond acceptors (Lipinski definition) is 2. The van der Waals surface area contributed by atoms with Crippen LogP contribution in [0.15, 0.2) is 36.4 Å². The summed E-state index contributed by atoms with van der Waals surface area (Å²) < 4.78 is 56.1. The first kappa shape index (κ1) is 24.5. The number of hydrogen-bond donors (Lipinski definition) is 2. The molecule has 0 atom stereocenters. The largest absolute Gasteiger partial charge is 0.395 e. The van der Waals surface area contributed by atoms with Gasteiger partial charge in [0.15, 0.2) is 0 Å². The summed E-state index contributed by atoms with van der Waals surface area (Å²) in [5.74, 6) is -15.3. The van der Waals surface area contributed by atoms with E-state index in [-0.39, 0.29) is 31.2 Å². The highest BCUT2D eigenvalue weighted by molar-refractivity contribution is 6.42. The van der Waals surface area contributed by atoms with Crippen LogP contribution >= 0.6 is 46.4 Å². The highest BCUT2D eigenvalue weighted by Crippen LogP contribution is 2.35. The minimum atomic E-state index is -5.31. The van der Waals surface area contributed by atoms with E-state index >= 15 is 0 Å². The Hall–Kier alpha value is -1.74. The van der Waals surface area contributed by atoms with Crippen molar-refractivity contribution in [3.63, 3.8) is 0 Å². The number of amides is 2. The molecule has 0 spiro atoms. The smallest absolute Gasteiger partial charge is 0.347 e. The molecular formula is C18H12Cl4F4N2O2. The fourth-order valence-corrected chi connectivity index (χ4v) is 2.81. The maximum atomic E-state index is 14.0. The molecule has 30 heavy (non-hydrogen) atoms. The van der Waals surface area contributed by atoms with Crippen molar-refractivity contribution in [2.75, 3.05) is 0 Å². The number of carbonyl (C=O) groups excluding carboxylic acids is 2. The summed E-state index contributed by atoms with van der Waals surface area (Å²) in [6.45, 7) is -1.07. The van der Waals surface area contributed by atoms with Crippen molar-refractivity contribution in [3.05, 3.63) is 67.6 Å². The van der Waals surface area contributed by atoms with Crippen LogP contribution in [0, 0.1) is 0 Å². The van der Waals surface area contributed by atoms with Crippen LogP contribution < -0.4 is 10.6 Å². The average molecular weight is 506 g/mol. The third-order valence-corrected chi connectivity index (χ3v) is 5.32. The number of halogens is 8. The molecule has 0 aliphatic rings. The van der Waals surface area contributed by atoms with E-state index in [1.807, 2.05) is 0 Å². The maximum absolute atomic E-state index is 14.0. The molecule has 0 radical (unpaired) electrons. The summed E-state index contributed by atoms with van der Waals surface area (Å²) in [4.78, 5) is 23.4. The molecule has 2 amide bonds. The number of benzene rings is 2. The Balaban J connectivity index is 2.03. The van der Waals surface area contributed by atoms with Crippen molar-refractivity contribution >= 4 is 58.2 Å². The summed E-state index contributed by atoms with van der Waals surface area (Å²) in [7, 11) is 0. The second-order valence-electron chi connectivity index (χ2n) is 6.01. The van der Waals surface area contributed by atoms with Crippen LogP contribution in [0.2, 0.25) is 20.1 Å². The van der Waals surface area contributed by atoms with Gasteiger partial charge >= 0.3 is 11.8 Å². The van der Waals surface area contributed by atoms with Crippen LogP contribution in [0.5, 0.6) is 0 Å². The molecule has 0 aromatic heterocycles. The van der Waals surface area contributed by atoms with E-state index in [0.29, 0.717) is 0 Å². The number of carbonyl (C=O) groups is 2. The molecule has 0 saturated carbocycles. The van der Waals surface area contributed by atoms with Crippen molar-refractivity contribution in [2.24, 2.45) is 0 Å². The molecule has 0 saturated heterocycles. The Labute approximate surface area is 188 Å². The first-order valence-electron chi connectivity index (χ1n) is 8.06. The van der Waals surface area contributed by atoms with E-state index in [4.69, 9.17) is 46.4 Å². The summed E-state index contributed by atoms with van der Waals surface area (Å²) in [6, 6.07) is 7.93. The first-order chi connectivity index (χ1) is 13.9. The van der Waals surface area contributed by atoms with E-state index in [0.717, 1.165) is 0 Å². The molecule has 0 unspecified atom stereocenters. The van der Waals surface area contributed by atoms with Gasteiger partial charge < -0.3 is 10.6 Å². The molecule has 2 N–H and O–H groups in total. The van der Waals surface area contributed by atoms with Crippen LogP contribution in [0.4, 0.5) is 17.6 Å². The monoisotopic (exact) mass is 504 g/mol. The van der Waals surface area contributed by atoms with Gasteiger partial charge in [-0.1, -0.05) is 58.5 Å². The maximum Gasteiger partial charge on any atom is 0.395 e. The second kappa shape index (κ2) is 9.60. The van der Waals surface area contributed by atoms with Crippen molar-refractivity contribution in [1.29, 1.82) is 0 Å². The Morgan fingerprint density at radius 1 is 0.667 bits per heavy atom. The average Bonchev–Trinajstić information content (AvgIpc) is 2.68. The van der Waals surface area contributed by atoms with Crippen molar-refractivity contribution in [2.45, 2.75) is 24.9 Å². The minimum absolute atomic E-state index is 0.0854.